The Morgan fingerprint density at radius 1 is 1.08 bits per heavy atom. The summed E-state index contributed by atoms with van der Waals surface area (Å²) in [5.74, 6) is -0.400. The highest BCUT2D eigenvalue weighted by molar-refractivity contribution is 7.92. The topological polar surface area (TPSA) is 86.8 Å². The lowest BCUT2D eigenvalue weighted by molar-refractivity contribution is -0.140. The summed E-state index contributed by atoms with van der Waals surface area (Å²) in [4.78, 5) is 27.7. The van der Waals surface area contributed by atoms with Crippen LogP contribution in [0.25, 0.3) is 0 Å². The van der Waals surface area contributed by atoms with Crippen molar-refractivity contribution in [1.82, 2.24) is 10.2 Å². The maximum absolute atomic E-state index is 13.4. The minimum absolute atomic E-state index is 0.101. The summed E-state index contributed by atoms with van der Waals surface area (Å²) in [5, 5.41) is 3.39. The second-order valence-electron chi connectivity index (χ2n) is 9.15. The van der Waals surface area contributed by atoms with Gasteiger partial charge in [0.15, 0.2) is 0 Å². The molecule has 2 aromatic rings. The predicted octanol–water partition coefficient (Wildman–Crippen LogP) is 4.84. The van der Waals surface area contributed by atoms with Gasteiger partial charge < -0.3 is 10.2 Å². The van der Waals surface area contributed by atoms with Gasteiger partial charge in [-0.25, -0.2) is 8.42 Å². The third kappa shape index (κ3) is 8.52. The molecular formula is C27H38ClN3O4S. The Labute approximate surface area is 220 Å². The lowest BCUT2D eigenvalue weighted by Crippen LogP contribution is -2.48. The number of anilines is 1. The molecule has 36 heavy (non-hydrogen) atoms. The normalized spacial score (nSPS) is 12.2. The molecule has 0 aliphatic rings. The van der Waals surface area contributed by atoms with Gasteiger partial charge in [-0.2, -0.15) is 0 Å². The van der Waals surface area contributed by atoms with Crippen LogP contribution in [0.15, 0.2) is 42.5 Å². The lowest BCUT2D eigenvalue weighted by Gasteiger charge is -2.30. The van der Waals surface area contributed by atoms with Crippen LogP contribution in [0, 0.1) is 13.8 Å². The summed E-state index contributed by atoms with van der Waals surface area (Å²) in [6, 6.07) is 12.3. The van der Waals surface area contributed by atoms with Gasteiger partial charge in [-0.3, -0.25) is 13.9 Å². The Balaban J connectivity index is 2.18. The zero-order valence-electron chi connectivity index (χ0n) is 21.9. The van der Waals surface area contributed by atoms with Crippen LogP contribution in [0.5, 0.6) is 0 Å². The van der Waals surface area contributed by atoms with E-state index in [1.54, 1.807) is 36.9 Å². The van der Waals surface area contributed by atoms with Crippen molar-refractivity contribution in [3.05, 3.63) is 64.2 Å². The predicted molar refractivity (Wildman–Crippen MR) is 147 cm³/mol. The van der Waals surface area contributed by atoms with E-state index in [1.807, 2.05) is 38.1 Å². The molecule has 0 aliphatic heterocycles. The first-order valence-electron chi connectivity index (χ1n) is 12.3. The van der Waals surface area contributed by atoms with Crippen LogP contribution in [0.3, 0.4) is 0 Å². The Morgan fingerprint density at radius 2 is 1.78 bits per heavy atom. The average Bonchev–Trinajstić information content (AvgIpc) is 2.81. The summed E-state index contributed by atoms with van der Waals surface area (Å²) in [6.07, 6.45) is 3.37. The van der Waals surface area contributed by atoms with Gasteiger partial charge in [0.2, 0.25) is 21.8 Å². The highest BCUT2D eigenvalue weighted by Gasteiger charge is 2.27. The van der Waals surface area contributed by atoms with Gasteiger partial charge in [-0.1, -0.05) is 60.8 Å². The fourth-order valence-corrected chi connectivity index (χ4v) is 5.16. The summed E-state index contributed by atoms with van der Waals surface area (Å²) < 4.78 is 26.4. The molecule has 0 radical (unpaired) electrons. The number of carbonyl (C=O) groups excluding carboxylic acids is 2. The summed E-state index contributed by atoms with van der Waals surface area (Å²) in [5.41, 5.74) is 3.16. The zero-order chi connectivity index (χ0) is 26.9. The lowest BCUT2D eigenvalue weighted by atomic mass is 10.1. The van der Waals surface area contributed by atoms with Gasteiger partial charge in [-0.15, -0.1) is 0 Å². The molecule has 0 heterocycles. The fourth-order valence-electron chi connectivity index (χ4n) is 3.97. The van der Waals surface area contributed by atoms with Crippen molar-refractivity contribution in [1.29, 1.82) is 0 Å². The number of hydrogen-bond donors (Lipinski definition) is 1. The minimum Gasteiger partial charge on any atom is -0.354 e. The van der Waals surface area contributed by atoms with Crippen LogP contribution < -0.4 is 9.62 Å². The van der Waals surface area contributed by atoms with Crippen molar-refractivity contribution >= 4 is 39.1 Å². The van der Waals surface area contributed by atoms with Crippen LogP contribution in [-0.4, -0.2) is 50.5 Å². The Morgan fingerprint density at radius 3 is 2.42 bits per heavy atom. The second-order valence-corrected chi connectivity index (χ2v) is 11.5. The van der Waals surface area contributed by atoms with E-state index in [0.717, 1.165) is 30.2 Å². The Kier molecular flexibility index (Phi) is 11.2. The van der Waals surface area contributed by atoms with E-state index in [0.29, 0.717) is 35.8 Å². The molecule has 9 heteroatoms. The molecule has 0 saturated carbocycles. The largest absolute Gasteiger partial charge is 0.354 e. The number of benzene rings is 2. The second kappa shape index (κ2) is 13.7. The fraction of sp³-hybridized carbons (Fsp3) is 0.481. The molecule has 0 fully saturated rings. The SMILES string of the molecule is CCCCNC(=O)C(C)N(Cc1cccc(C)c1)C(=O)CCCN(c1cccc(Cl)c1C)S(C)(=O)=O. The van der Waals surface area contributed by atoms with Crippen LogP contribution in [0.1, 0.15) is 56.2 Å². The molecule has 1 atom stereocenters. The van der Waals surface area contributed by atoms with Crippen molar-refractivity contribution in [3.8, 4) is 0 Å². The summed E-state index contributed by atoms with van der Waals surface area (Å²) in [6.45, 7) is 8.51. The number of unbranched alkanes of at least 4 members (excludes halogenated alkanes) is 1. The number of aryl methyl sites for hydroxylation is 1. The van der Waals surface area contributed by atoms with E-state index in [4.69, 9.17) is 11.6 Å². The van der Waals surface area contributed by atoms with Crippen LogP contribution in [0.2, 0.25) is 5.02 Å². The molecule has 1 unspecified atom stereocenters. The van der Waals surface area contributed by atoms with Gasteiger partial charge in [0, 0.05) is 31.1 Å². The van der Waals surface area contributed by atoms with Gasteiger partial charge in [0.05, 0.1) is 11.9 Å². The van der Waals surface area contributed by atoms with E-state index in [1.165, 1.54) is 4.31 Å². The summed E-state index contributed by atoms with van der Waals surface area (Å²) >= 11 is 6.21. The zero-order valence-corrected chi connectivity index (χ0v) is 23.5. The number of nitrogens with zero attached hydrogens (tertiary/aromatic N) is 2. The van der Waals surface area contributed by atoms with Crippen LogP contribution >= 0.6 is 11.6 Å². The number of nitrogens with one attached hydrogen (secondary N) is 1. The standard InChI is InChI=1S/C27H38ClN3O4S/c1-6-7-16-29-27(33)22(4)30(19-23-12-8-11-20(2)18-23)26(32)15-10-17-31(36(5,34)35)25-14-9-13-24(28)21(25)3/h8-9,11-14,18,22H,6-7,10,15-17,19H2,1-5H3,(H,29,33). The highest BCUT2D eigenvalue weighted by atomic mass is 35.5. The third-order valence-electron chi connectivity index (χ3n) is 6.09. The molecule has 1 N–H and O–H groups in total. The van der Waals surface area contributed by atoms with Crippen LogP contribution in [0.4, 0.5) is 5.69 Å². The van der Waals surface area contributed by atoms with Crippen molar-refractivity contribution in [3.63, 3.8) is 0 Å². The van der Waals surface area contributed by atoms with Crippen molar-refractivity contribution < 1.29 is 18.0 Å². The number of hydrogen-bond acceptors (Lipinski definition) is 4. The van der Waals surface area contributed by atoms with Gasteiger partial charge in [-0.05, 0) is 56.9 Å². The number of halogens is 1. The van der Waals surface area contributed by atoms with E-state index in [2.05, 4.69) is 5.32 Å². The molecular weight excluding hydrogens is 498 g/mol. The molecule has 7 nitrogen and oxygen atoms in total. The molecule has 198 valence electrons. The molecule has 0 spiro atoms. The van der Waals surface area contributed by atoms with Crippen molar-refractivity contribution in [2.75, 3.05) is 23.7 Å². The number of rotatable bonds is 13. The smallest absolute Gasteiger partial charge is 0.242 e. The van der Waals surface area contributed by atoms with E-state index in [9.17, 15) is 18.0 Å². The quantitative estimate of drug-likeness (QED) is 0.372. The molecule has 0 saturated heterocycles. The molecule has 0 bridgehead atoms. The van der Waals surface area contributed by atoms with E-state index >= 15 is 0 Å². The monoisotopic (exact) mass is 535 g/mol. The number of carbonyl (C=O) groups is 2. The molecule has 2 amide bonds. The Bertz CT molecular complexity index is 1150. The molecule has 2 aromatic carbocycles. The molecule has 0 aliphatic carbocycles. The number of amides is 2. The Hall–Kier alpha value is -2.58. The average molecular weight is 536 g/mol. The van der Waals surface area contributed by atoms with E-state index < -0.39 is 16.1 Å². The molecule has 2 rings (SSSR count). The van der Waals surface area contributed by atoms with Gasteiger partial charge >= 0.3 is 0 Å². The maximum atomic E-state index is 13.4. The van der Waals surface area contributed by atoms with Crippen LogP contribution in [-0.2, 0) is 26.2 Å². The highest BCUT2D eigenvalue weighted by Crippen LogP contribution is 2.28. The molecule has 0 aromatic heterocycles. The third-order valence-corrected chi connectivity index (χ3v) is 7.68. The maximum Gasteiger partial charge on any atom is 0.242 e. The minimum atomic E-state index is -3.59. The van der Waals surface area contributed by atoms with E-state index in [-0.39, 0.29) is 24.8 Å². The first kappa shape index (κ1) is 29.6. The first-order valence-corrected chi connectivity index (χ1v) is 14.5. The van der Waals surface area contributed by atoms with Gasteiger partial charge in [0.1, 0.15) is 6.04 Å². The van der Waals surface area contributed by atoms with Crippen molar-refractivity contribution in [2.45, 2.75) is 66.0 Å². The summed E-state index contributed by atoms with van der Waals surface area (Å²) in [7, 11) is -3.59. The number of sulfonamides is 1. The first-order chi connectivity index (χ1) is 17.0. The van der Waals surface area contributed by atoms with Gasteiger partial charge in [0.25, 0.3) is 0 Å². The van der Waals surface area contributed by atoms with Crippen molar-refractivity contribution in [2.24, 2.45) is 0 Å².